The Morgan fingerprint density at radius 3 is 2.67 bits per heavy atom. The van der Waals surface area contributed by atoms with E-state index in [9.17, 15) is 9.00 Å². The van der Waals surface area contributed by atoms with E-state index in [1.54, 1.807) is 0 Å². The molecule has 0 saturated heterocycles. The van der Waals surface area contributed by atoms with E-state index in [2.05, 4.69) is 10.8 Å². The molecule has 2 radical (unpaired) electrons. The number of nitrogens with one attached hydrogen (secondary N) is 1. The van der Waals surface area contributed by atoms with Gasteiger partial charge >= 0.3 is 0 Å². The molecule has 0 aromatic heterocycles. The number of hydrogen-bond acceptors (Lipinski definition) is 3. The molecule has 1 unspecified atom stereocenters. The van der Waals surface area contributed by atoms with Crippen molar-refractivity contribution in [2.45, 2.75) is 18.9 Å². The summed E-state index contributed by atoms with van der Waals surface area (Å²) in [7, 11) is 4.54. The van der Waals surface area contributed by atoms with Gasteiger partial charge in [-0.25, -0.2) is 4.21 Å². The van der Waals surface area contributed by atoms with Crippen LogP contribution in [-0.4, -0.2) is 18.0 Å². The number of rotatable bonds is 3. The van der Waals surface area contributed by atoms with Gasteiger partial charge in [-0.15, -0.1) is 0 Å². The van der Waals surface area contributed by atoms with E-state index in [1.165, 1.54) is 11.6 Å². The van der Waals surface area contributed by atoms with Crippen LogP contribution in [0.3, 0.4) is 0 Å². The third-order valence-corrected chi connectivity index (χ3v) is 5.46. The Bertz CT molecular complexity index is 876. The summed E-state index contributed by atoms with van der Waals surface area (Å²) in [4.78, 5) is 11.8. The van der Waals surface area contributed by atoms with Gasteiger partial charge in [0.05, 0.1) is 4.91 Å². The highest BCUT2D eigenvalue weighted by atomic mass is 32.2. The number of fused-ring (bicyclic) bond motifs is 1. The molecule has 1 aliphatic carbocycles. The number of carbonyl (C=O) groups excluding carboxylic acids is 1. The fourth-order valence-corrected chi connectivity index (χ4v) is 4.08. The van der Waals surface area contributed by atoms with Crippen LogP contribution in [0, 0.1) is 0 Å². The van der Waals surface area contributed by atoms with E-state index in [0.717, 1.165) is 35.2 Å². The molecule has 2 atom stereocenters. The van der Waals surface area contributed by atoms with Crippen molar-refractivity contribution in [3.05, 3.63) is 65.2 Å². The number of hydrogen-bond donors (Lipinski definition) is 1. The highest BCUT2D eigenvalue weighted by Gasteiger charge is 2.25. The van der Waals surface area contributed by atoms with Crippen molar-refractivity contribution in [3.63, 3.8) is 0 Å². The van der Waals surface area contributed by atoms with Gasteiger partial charge in [0.15, 0.2) is 11.0 Å². The van der Waals surface area contributed by atoms with Crippen molar-refractivity contribution in [2.24, 2.45) is 0 Å². The summed E-state index contributed by atoms with van der Waals surface area (Å²) in [5.41, 5.74) is 3.89. The molecule has 1 aliphatic heterocycles. The first-order chi connectivity index (χ1) is 11.6. The molecule has 1 heterocycles. The minimum atomic E-state index is -1.48. The van der Waals surface area contributed by atoms with Crippen LogP contribution >= 0.6 is 0 Å². The van der Waals surface area contributed by atoms with Crippen LogP contribution in [0.5, 0.6) is 5.75 Å². The molecule has 24 heavy (non-hydrogen) atoms. The van der Waals surface area contributed by atoms with Crippen LogP contribution in [0.15, 0.2) is 48.5 Å². The lowest BCUT2D eigenvalue weighted by Gasteiger charge is -2.15. The predicted octanol–water partition coefficient (Wildman–Crippen LogP) is 1.68. The Hall–Kier alpha value is -2.34. The zero-order chi connectivity index (χ0) is 16.7. The minimum Gasteiger partial charge on any atom is -0.486 e. The second-order valence-electron chi connectivity index (χ2n) is 5.83. The first kappa shape index (κ1) is 15.2. The molecule has 0 fully saturated rings. The highest BCUT2D eigenvalue weighted by molar-refractivity contribution is 7.93. The number of ether oxygens (including phenoxy) is 1. The molecule has 0 saturated carbocycles. The standard InChI is InChI=1S/C18H14BNO3S/c19-15-3-1-2-14-13(15)8-9-16(14)23-12-6-4-11(5-7-12)17-10-18(21)20-24(17)22/h1-7,10,16H,8-9H2,(H,20,21)/t16-,24?/m1/s1. The number of amides is 1. The summed E-state index contributed by atoms with van der Waals surface area (Å²) < 4.78 is 20.2. The summed E-state index contributed by atoms with van der Waals surface area (Å²) in [5, 5.41) is 0. The van der Waals surface area contributed by atoms with Crippen LogP contribution < -0.4 is 14.9 Å². The van der Waals surface area contributed by atoms with Gasteiger partial charge in [-0.3, -0.25) is 9.52 Å². The van der Waals surface area contributed by atoms with Crippen molar-refractivity contribution >= 4 is 35.1 Å². The second-order valence-corrected chi connectivity index (χ2v) is 7.01. The second kappa shape index (κ2) is 5.94. The average molecular weight is 335 g/mol. The maximum atomic E-state index is 11.8. The Balaban J connectivity index is 1.54. The number of benzene rings is 2. The molecular formula is C18H14BNO3S. The largest absolute Gasteiger partial charge is 0.486 e. The summed E-state index contributed by atoms with van der Waals surface area (Å²) in [5.74, 6) is 0.409. The fraction of sp³-hybridized carbons (Fsp3) is 0.167. The van der Waals surface area contributed by atoms with Crippen molar-refractivity contribution in [1.82, 2.24) is 4.72 Å². The molecular weight excluding hydrogens is 321 g/mol. The third-order valence-electron chi connectivity index (χ3n) is 4.32. The van der Waals surface area contributed by atoms with Gasteiger partial charge in [-0.05, 0) is 41.7 Å². The molecule has 4 rings (SSSR count). The molecule has 4 nitrogen and oxygen atoms in total. The van der Waals surface area contributed by atoms with Crippen LogP contribution in [0.4, 0.5) is 0 Å². The molecule has 118 valence electrons. The van der Waals surface area contributed by atoms with E-state index in [0.29, 0.717) is 4.91 Å². The first-order valence-corrected chi connectivity index (χ1v) is 8.85. The molecule has 2 aromatic rings. The molecule has 2 aliphatic rings. The minimum absolute atomic E-state index is 0.00239. The lowest BCUT2D eigenvalue weighted by molar-refractivity contribution is -0.114. The lowest BCUT2D eigenvalue weighted by Crippen LogP contribution is -2.16. The summed E-state index contributed by atoms with van der Waals surface area (Å²) in [6.45, 7) is 0. The molecule has 6 heteroatoms. The van der Waals surface area contributed by atoms with Crippen molar-refractivity contribution in [2.75, 3.05) is 0 Å². The maximum Gasteiger partial charge on any atom is 0.257 e. The third kappa shape index (κ3) is 2.67. The van der Waals surface area contributed by atoms with Crippen LogP contribution in [0.25, 0.3) is 4.91 Å². The number of carbonyl (C=O) groups is 1. The van der Waals surface area contributed by atoms with Gasteiger partial charge < -0.3 is 4.74 Å². The average Bonchev–Trinajstić information content (AvgIpc) is 3.12. The lowest BCUT2D eigenvalue weighted by atomic mass is 9.88. The Kier molecular flexibility index (Phi) is 3.77. The smallest absolute Gasteiger partial charge is 0.257 e. The topological polar surface area (TPSA) is 55.4 Å². The normalized spacial score (nSPS) is 22.0. The van der Waals surface area contributed by atoms with Crippen LogP contribution in [0.2, 0.25) is 0 Å². The maximum absolute atomic E-state index is 11.8. The van der Waals surface area contributed by atoms with E-state index >= 15 is 0 Å². The molecule has 1 amide bonds. The van der Waals surface area contributed by atoms with Crippen LogP contribution in [0.1, 0.15) is 29.2 Å². The Labute approximate surface area is 143 Å². The van der Waals surface area contributed by atoms with Crippen molar-refractivity contribution in [1.29, 1.82) is 0 Å². The zero-order valence-corrected chi connectivity index (χ0v) is 13.6. The van der Waals surface area contributed by atoms with E-state index in [4.69, 9.17) is 12.6 Å². The van der Waals surface area contributed by atoms with E-state index in [-0.39, 0.29) is 12.0 Å². The fourth-order valence-electron chi connectivity index (χ4n) is 3.17. The van der Waals surface area contributed by atoms with Crippen LogP contribution in [-0.2, 0) is 22.2 Å². The molecule has 0 spiro atoms. The van der Waals surface area contributed by atoms with E-state index in [1.807, 2.05) is 36.4 Å². The Morgan fingerprint density at radius 1 is 1.17 bits per heavy atom. The molecule has 0 bridgehead atoms. The highest BCUT2D eigenvalue weighted by Crippen LogP contribution is 2.34. The van der Waals surface area contributed by atoms with Crippen molar-refractivity contribution in [3.8, 4) is 5.75 Å². The van der Waals surface area contributed by atoms with Gasteiger partial charge in [0.1, 0.15) is 19.7 Å². The van der Waals surface area contributed by atoms with Crippen molar-refractivity contribution < 1.29 is 13.7 Å². The monoisotopic (exact) mass is 335 g/mol. The summed E-state index contributed by atoms with van der Waals surface area (Å²) in [6.07, 6.45) is 3.18. The molecule has 1 N–H and O–H groups in total. The van der Waals surface area contributed by atoms with Gasteiger partial charge in [-0.2, -0.15) is 0 Å². The Morgan fingerprint density at radius 2 is 1.96 bits per heavy atom. The van der Waals surface area contributed by atoms with Gasteiger partial charge in [0, 0.05) is 6.08 Å². The quantitative estimate of drug-likeness (QED) is 0.869. The first-order valence-electron chi connectivity index (χ1n) is 7.70. The zero-order valence-electron chi connectivity index (χ0n) is 12.8. The SMILES string of the molecule is [B]c1cccc2c1CC[C@H]2Oc1ccc(C2=CC(=O)NS2=O)cc1. The summed E-state index contributed by atoms with van der Waals surface area (Å²) in [6, 6.07) is 13.2. The predicted molar refractivity (Wildman–Crippen MR) is 94.2 cm³/mol. The van der Waals surface area contributed by atoms with Gasteiger partial charge in [0.2, 0.25) is 0 Å². The van der Waals surface area contributed by atoms with E-state index < -0.39 is 11.0 Å². The summed E-state index contributed by atoms with van der Waals surface area (Å²) >= 11 is 0. The van der Waals surface area contributed by atoms with Gasteiger partial charge in [0.25, 0.3) is 5.91 Å². The molecule has 2 aromatic carbocycles. The van der Waals surface area contributed by atoms with Gasteiger partial charge in [-0.1, -0.05) is 35.8 Å².